The van der Waals surface area contributed by atoms with E-state index in [-0.39, 0.29) is 0 Å². The first-order valence-corrected chi connectivity index (χ1v) is 3.69. The van der Waals surface area contributed by atoms with Crippen LogP contribution in [0.1, 0.15) is 5.69 Å². The third kappa shape index (κ3) is 1.21. The fraction of sp³-hybridized carbons (Fsp3) is 0.111. The highest BCUT2D eigenvalue weighted by atomic mass is 16.3. The van der Waals surface area contributed by atoms with Crippen molar-refractivity contribution in [2.75, 3.05) is 0 Å². The average Bonchev–Trinajstić information content (AvgIpc) is 2.58. The molecule has 0 atom stereocenters. The molecule has 12 heavy (non-hydrogen) atoms. The van der Waals surface area contributed by atoms with Crippen molar-refractivity contribution in [2.24, 2.45) is 0 Å². The normalized spacial score (nSPS) is 10.1. The second-order valence-electron chi connectivity index (χ2n) is 2.57. The van der Waals surface area contributed by atoms with Gasteiger partial charge in [-0.3, -0.25) is 0 Å². The highest BCUT2D eigenvalue weighted by Gasteiger charge is 1.99. The number of hydrogen-bond donors (Lipinski definition) is 0. The fourth-order valence-corrected chi connectivity index (χ4v) is 0.963. The Morgan fingerprint density at radius 1 is 1.17 bits per heavy atom. The van der Waals surface area contributed by atoms with Gasteiger partial charge < -0.3 is 4.42 Å². The van der Waals surface area contributed by atoms with Crippen LogP contribution in [0.3, 0.4) is 0 Å². The Morgan fingerprint density at radius 2 is 2.08 bits per heavy atom. The van der Waals surface area contributed by atoms with Gasteiger partial charge in [0.25, 0.3) is 0 Å². The molecule has 0 saturated heterocycles. The maximum absolute atomic E-state index is 4.93. The van der Waals surface area contributed by atoms with E-state index in [1.165, 1.54) is 0 Å². The quantitative estimate of drug-likeness (QED) is 0.640. The number of aromatic nitrogens is 2. The van der Waals surface area contributed by atoms with Crippen LogP contribution in [0.15, 0.2) is 35.1 Å². The van der Waals surface area contributed by atoms with Gasteiger partial charge in [-0.15, -0.1) is 0 Å². The molecule has 0 radical (unpaired) electrons. The van der Waals surface area contributed by atoms with Crippen LogP contribution >= 0.6 is 0 Å². The Morgan fingerprint density at radius 3 is 2.67 bits per heavy atom. The molecule has 2 aromatic heterocycles. The molecule has 60 valence electrons. The van der Waals surface area contributed by atoms with E-state index in [0.717, 1.165) is 17.0 Å². The van der Waals surface area contributed by atoms with Gasteiger partial charge in [-0.05, 0) is 25.1 Å². The lowest BCUT2D eigenvalue weighted by atomic mass is 10.2. The van der Waals surface area contributed by atoms with Gasteiger partial charge in [0.2, 0.25) is 0 Å². The van der Waals surface area contributed by atoms with Crippen molar-refractivity contribution >= 4 is 0 Å². The monoisotopic (exact) mass is 160 g/mol. The van der Waals surface area contributed by atoms with Gasteiger partial charge in [-0.1, -0.05) is 0 Å². The van der Waals surface area contributed by atoms with Gasteiger partial charge >= 0.3 is 0 Å². The van der Waals surface area contributed by atoms with Crippen LogP contribution < -0.4 is 0 Å². The predicted octanol–water partition coefficient (Wildman–Crippen LogP) is 2.05. The van der Waals surface area contributed by atoms with E-state index in [1.54, 1.807) is 12.5 Å². The topological polar surface area (TPSA) is 38.9 Å². The van der Waals surface area contributed by atoms with Crippen LogP contribution in [0.25, 0.3) is 11.3 Å². The third-order valence-electron chi connectivity index (χ3n) is 1.61. The van der Waals surface area contributed by atoms with Crippen LogP contribution in [0.4, 0.5) is 0 Å². The molecule has 3 nitrogen and oxygen atoms in total. The molecule has 0 amide bonds. The van der Waals surface area contributed by atoms with E-state index in [9.17, 15) is 0 Å². The minimum absolute atomic E-state index is 0.842. The van der Waals surface area contributed by atoms with Crippen molar-refractivity contribution in [3.05, 3.63) is 36.4 Å². The Balaban J connectivity index is 2.43. The van der Waals surface area contributed by atoms with E-state index in [4.69, 9.17) is 4.42 Å². The lowest BCUT2D eigenvalue weighted by Gasteiger charge is -1.93. The zero-order chi connectivity index (χ0) is 8.39. The summed E-state index contributed by atoms with van der Waals surface area (Å²) in [6.45, 7) is 1.91. The Kier molecular flexibility index (Phi) is 1.63. The zero-order valence-electron chi connectivity index (χ0n) is 6.69. The molecule has 0 bridgehead atoms. The molecule has 0 saturated carbocycles. The summed E-state index contributed by atoms with van der Waals surface area (Å²) in [4.78, 5) is 0. The molecule has 0 aliphatic carbocycles. The van der Waals surface area contributed by atoms with Gasteiger partial charge in [0.1, 0.15) is 0 Å². The summed E-state index contributed by atoms with van der Waals surface area (Å²) < 4.78 is 4.93. The first-order valence-electron chi connectivity index (χ1n) is 3.69. The standard InChI is InChI=1S/C9H8N2O/c1-7-2-3-9(11-10-7)8-4-5-12-6-8/h2-6H,1H3. The van der Waals surface area contributed by atoms with Gasteiger partial charge in [0.05, 0.1) is 23.9 Å². The van der Waals surface area contributed by atoms with Gasteiger partial charge in [-0.2, -0.15) is 10.2 Å². The molecule has 0 N–H and O–H groups in total. The second kappa shape index (κ2) is 2.77. The summed E-state index contributed by atoms with van der Waals surface area (Å²) in [6, 6.07) is 5.71. The molecule has 0 aromatic carbocycles. The molecule has 2 aromatic rings. The highest BCUT2D eigenvalue weighted by molar-refractivity contribution is 5.56. The molecule has 0 fully saturated rings. The van der Waals surface area contributed by atoms with Crippen LogP contribution in [-0.2, 0) is 0 Å². The number of rotatable bonds is 1. The molecular formula is C9H8N2O. The van der Waals surface area contributed by atoms with Crippen molar-refractivity contribution in [3.63, 3.8) is 0 Å². The molecule has 0 unspecified atom stereocenters. The van der Waals surface area contributed by atoms with Crippen molar-refractivity contribution in [2.45, 2.75) is 6.92 Å². The second-order valence-corrected chi connectivity index (χ2v) is 2.57. The minimum Gasteiger partial charge on any atom is -0.472 e. The summed E-state index contributed by atoms with van der Waals surface area (Å²) in [7, 11) is 0. The van der Waals surface area contributed by atoms with E-state index >= 15 is 0 Å². The lowest BCUT2D eigenvalue weighted by Crippen LogP contribution is -1.87. The number of furan rings is 1. The summed E-state index contributed by atoms with van der Waals surface area (Å²) in [5, 5.41) is 7.95. The van der Waals surface area contributed by atoms with E-state index < -0.39 is 0 Å². The van der Waals surface area contributed by atoms with Crippen LogP contribution in [0.2, 0.25) is 0 Å². The maximum Gasteiger partial charge on any atom is 0.0997 e. The molecule has 0 aliphatic rings. The maximum atomic E-state index is 4.93. The summed E-state index contributed by atoms with van der Waals surface area (Å²) in [6.07, 6.45) is 3.27. The highest BCUT2D eigenvalue weighted by Crippen LogP contribution is 2.15. The third-order valence-corrected chi connectivity index (χ3v) is 1.61. The minimum atomic E-state index is 0.842. The SMILES string of the molecule is Cc1ccc(-c2ccoc2)nn1. The largest absolute Gasteiger partial charge is 0.472 e. The Labute approximate surface area is 70.1 Å². The first kappa shape index (κ1) is 7.03. The fourth-order valence-electron chi connectivity index (χ4n) is 0.963. The van der Waals surface area contributed by atoms with Crippen molar-refractivity contribution in [3.8, 4) is 11.3 Å². The van der Waals surface area contributed by atoms with Gasteiger partial charge in [0, 0.05) is 5.56 Å². The molecule has 3 heteroatoms. The molecule has 0 spiro atoms. The molecule has 0 aliphatic heterocycles. The van der Waals surface area contributed by atoms with E-state index in [1.807, 2.05) is 25.1 Å². The first-order chi connectivity index (χ1) is 5.86. The van der Waals surface area contributed by atoms with Crippen LogP contribution in [0.5, 0.6) is 0 Å². The van der Waals surface area contributed by atoms with Crippen molar-refractivity contribution in [1.29, 1.82) is 0 Å². The van der Waals surface area contributed by atoms with E-state index in [2.05, 4.69) is 10.2 Å². The zero-order valence-corrected chi connectivity index (χ0v) is 6.69. The van der Waals surface area contributed by atoms with Crippen LogP contribution in [0, 0.1) is 6.92 Å². The number of aryl methyl sites for hydroxylation is 1. The van der Waals surface area contributed by atoms with E-state index in [0.29, 0.717) is 0 Å². The predicted molar refractivity (Wildman–Crippen MR) is 44.5 cm³/mol. The Bertz CT molecular complexity index is 351. The average molecular weight is 160 g/mol. The van der Waals surface area contributed by atoms with Gasteiger partial charge in [-0.25, -0.2) is 0 Å². The lowest BCUT2D eigenvalue weighted by molar-refractivity contribution is 0.568. The van der Waals surface area contributed by atoms with Gasteiger partial charge in [0.15, 0.2) is 0 Å². The molecule has 2 heterocycles. The van der Waals surface area contributed by atoms with Crippen molar-refractivity contribution < 1.29 is 4.42 Å². The Hall–Kier alpha value is -1.64. The smallest absolute Gasteiger partial charge is 0.0997 e. The summed E-state index contributed by atoms with van der Waals surface area (Å²) in [5.74, 6) is 0. The summed E-state index contributed by atoms with van der Waals surface area (Å²) in [5.41, 5.74) is 2.72. The van der Waals surface area contributed by atoms with Crippen molar-refractivity contribution in [1.82, 2.24) is 10.2 Å². The number of hydrogen-bond acceptors (Lipinski definition) is 3. The molecular weight excluding hydrogens is 152 g/mol. The van der Waals surface area contributed by atoms with Crippen LogP contribution in [-0.4, -0.2) is 10.2 Å². The summed E-state index contributed by atoms with van der Waals surface area (Å²) >= 11 is 0. The number of nitrogens with zero attached hydrogens (tertiary/aromatic N) is 2. The molecule has 2 rings (SSSR count).